The lowest BCUT2D eigenvalue weighted by molar-refractivity contribution is 0.262. The van der Waals surface area contributed by atoms with E-state index in [9.17, 15) is 4.79 Å². The number of pyridine rings is 1. The van der Waals surface area contributed by atoms with Crippen LogP contribution in [0.4, 0.5) is 33.4 Å². The third kappa shape index (κ3) is 4.73. The minimum atomic E-state index is -0.307. The second-order valence-corrected chi connectivity index (χ2v) is 5.94. The van der Waals surface area contributed by atoms with E-state index in [0.717, 1.165) is 17.1 Å². The average Bonchev–Trinajstić information content (AvgIpc) is 2.64. The molecule has 0 saturated carbocycles. The van der Waals surface area contributed by atoms with Gasteiger partial charge in [0.15, 0.2) is 0 Å². The molecule has 1 heterocycles. The standard InChI is InChI=1S/C20H21N5O/c1-25(2)18-11-8-16(9-12-18)22-19-13-10-17(14-21-19)24-20(26)23-15-6-4-3-5-7-15/h3-14H,1-2H3,(H,21,22)(H2,23,24,26). The maximum atomic E-state index is 12.0. The summed E-state index contributed by atoms with van der Waals surface area (Å²) in [4.78, 5) is 18.3. The molecule has 1 aromatic heterocycles. The molecule has 0 unspecified atom stereocenters. The Hall–Kier alpha value is -3.54. The van der Waals surface area contributed by atoms with Gasteiger partial charge in [-0.1, -0.05) is 18.2 Å². The molecular formula is C20H21N5O. The Balaban J connectivity index is 1.57. The van der Waals surface area contributed by atoms with Crippen LogP contribution in [0.3, 0.4) is 0 Å². The quantitative estimate of drug-likeness (QED) is 0.634. The predicted octanol–water partition coefficient (Wildman–Crippen LogP) is 4.54. The van der Waals surface area contributed by atoms with Gasteiger partial charge < -0.3 is 20.9 Å². The van der Waals surface area contributed by atoms with Gasteiger partial charge in [-0.25, -0.2) is 9.78 Å². The molecule has 0 radical (unpaired) electrons. The highest BCUT2D eigenvalue weighted by Gasteiger charge is 2.03. The number of carbonyl (C=O) groups excluding carboxylic acids is 1. The van der Waals surface area contributed by atoms with E-state index >= 15 is 0 Å². The first kappa shape index (κ1) is 17.3. The summed E-state index contributed by atoms with van der Waals surface area (Å²) < 4.78 is 0. The molecule has 6 nitrogen and oxygen atoms in total. The highest BCUT2D eigenvalue weighted by Crippen LogP contribution is 2.20. The van der Waals surface area contributed by atoms with Crippen molar-refractivity contribution < 1.29 is 4.79 Å². The first-order valence-corrected chi connectivity index (χ1v) is 8.24. The zero-order valence-electron chi connectivity index (χ0n) is 14.7. The van der Waals surface area contributed by atoms with Crippen molar-refractivity contribution in [2.45, 2.75) is 0 Å². The molecule has 3 aromatic rings. The monoisotopic (exact) mass is 347 g/mol. The SMILES string of the molecule is CN(C)c1ccc(Nc2ccc(NC(=O)Nc3ccccc3)cn2)cc1. The van der Waals surface area contributed by atoms with Crippen LogP contribution in [-0.2, 0) is 0 Å². The summed E-state index contributed by atoms with van der Waals surface area (Å²) in [6.45, 7) is 0. The number of carbonyl (C=O) groups is 1. The van der Waals surface area contributed by atoms with E-state index in [1.54, 1.807) is 12.3 Å². The third-order valence-corrected chi connectivity index (χ3v) is 3.71. The average molecular weight is 347 g/mol. The van der Waals surface area contributed by atoms with Crippen LogP contribution in [0, 0.1) is 0 Å². The summed E-state index contributed by atoms with van der Waals surface area (Å²) in [5, 5.41) is 8.75. The first-order chi connectivity index (χ1) is 12.6. The maximum Gasteiger partial charge on any atom is 0.323 e. The summed E-state index contributed by atoms with van der Waals surface area (Å²) in [6.07, 6.45) is 1.61. The zero-order chi connectivity index (χ0) is 18.4. The van der Waals surface area contributed by atoms with Crippen molar-refractivity contribution in [3.63, 3.8) is 0 Å². The number of aromatic nitrogens is 1. The normalized spacial score (nSPS) is 10.1. The molecule has 2 aromatic carbocycles. The van der Waals surface area contributed by atoms with E-state index in [1.165, 1.54) is 0 Å². The van der Waals surface area contributed by atoms with Gasteiger partial charge in [-0.15, -0.1) is 0 Å². The van der Waals surface area contributed by atoms with Crippen molar-refractivity contribution in [3.05, 3.63) is 72.9 Å². The third-order valence-electron chi connectivity index (χ3n) is 3.71. The Morgan fingerprint density at radius 2 is 1.46 bits per heavy atom. The molecule has 0 fully saturated rings. The fraction of sp³-hybridized carbons (Fsp3) is 0.100. The molecule has 0 aliphatic heterocycles. The van der Waals surface area contributed by atoms with Crippen molar-refractivity contribution in [2.75, 3.05) is 34.9 Å². The highest BCUT2D eigenvalue weighted by molar-refractivity contribution is 5.99. The number of hydrogen-bond acceptors (Lipinski definition) is 4. The number of anilines is 5. The van der Waals surface area contributed by atoms with Gasteiger partial charge in [-0.2, -0.15) is 0 Å². The van der Waals surface area contributed by atoms with E-state index in [0.29, 0.717) is 11.5 Å². The van der Waals surface area contributed by atoms with Crippen LogP contribution in [0.25, 0.3) is 0 Å². The second-order valence-electron chi connectivity index (χ2n) is 5.94. The molecular weight excluding hydrogens is 326 g/mol. The lowest BCUT2D eigenvalue weighted by Crippen LogP contribution is -2.19. The molecule has 2 amide bonds. The van der Waals surface area contributed by atoms with Crippen LogP contribution in [0.5, 0.6) is 0 Å². The van der Waals surface area contributed by atoms with Crippen molar-refractivity contribution in [1.29, 1.82) is 0 Å². The number of urea groups is 1. The summed E-state index contributed by atoms with van der Waals surface area (Å²) >= 11 is 0. The van der Waals surface area contributed by atoms with Crippen LogP contribution >= 0.6 is 0 Å². The summed E-state index contributed by atoms with van der Waals surface area (Å²) in [6, 6.07) is 20.6. The molecule has 132 valence electrons. The molecule has 6 heteroatoms. The van der Waals surface area contributed by atoms with Crippen molar-refractivity contribution in [3.8, 4) is 0 Å². The van der Waals surface area contributed by atoms with Gasteiger partial charge in [-0.3, -0.25) is 0 Å². The van der Waals surface area contributed by atoms with E-state index in [-0.39, 0.29) is 6.03 Å². The van der Waals surface area contributed by atoms with Gasteiger partial charge >= 0.3 is 6.03 Å². The molecule has 0 saturated heterocycles. The van der Waals surface area contributed by atoms with Crippen molar-refractivity contribution in [1.82, 2.24) is 4.98 Å². The Kier molecular flexibility index (Phi) is 5.34. The Labute approximate surface area is 152 Å². The van der Waals surface area contributed by atoms with Gasteiger partial charge in [0.1, 0.15) is 5.82 Å². The van der Waals surface area contributed by atoms with Crippen LogP contribution in [0.2, 0.25) is 0 Å². The van der Waals surface area contributed by atoms with Gasteiger partial charge in [0.05, 0.1) is 11.9 Å². The predicted molar refractivity (Wildman–Crippen MR) is 107 cm³/mol. The van der Waals surface area contributed by atoms with Gasteiger partial charge in [0.2, 0.25) is 0 Å². The fourth-order valence-electron chi connectivity index (χ4n) is 2.35. The van der Waals surface area contributed by atoms with E-state index in [2.05, 4.69) is 20.9 Å². The molecule has 0 spiro atoms. The highest BCUT2D eigenvalue weighted by atomic mass is 16.2. The Morgan fingerprint density at radius 1 is 0.808 bits per heavy atom. The first-order valence-electron chi connectivity index (χ1n) is 8.24. The van der Waals surface area contributed by atoms with E-state index in [4.69, 9.17) is 0 Å². The van der Waals surface area contributed by atoms with Gasteiger partial charge in [0, 0.05) is 31.2 Å². The van der Waals surface area contributed by atoms with E-state index < -0.39 is 0 Å². The Bertz CT molecular complexity index is 846. The topological polar surface area (TPSA) is 69.3 Å². The minimum Gasteiger partial charge on any atom is -0.378 e. The lowest BCUT2D eigenvalue weighted by Gasteiger charge is -2.13. The van der Waals surface area contributed by atoms with Gasteiger partial charge in [-0.05, 0) is 48.5 Å². The van der Waals surface area contributed by atoms with Crippen LogP contribution in [0.1, 0.15) is 0 Å². The summed E-state index contributed by atoms with van der Waals surface area (Å²) in [5.74, 6) is 0.705. The fourth-order valence-corrected chi connectivity index (χ4v) is 2.35. The summed E-state index contributed by atoms with van der Waals surface area (Å²) in [7, 11) is 4.01. The van der Waals surface area contributed by atoms with Gasteiger partial charge in [0.25, 0.3) is 0 Å². The largest absolute Gasteiger partial charge is 0.378 e. The molecule has 3 N–H and O–H groups in total. The minimum absolute atomic E-state index is 0.307. The van der Waals surface area contributed by atoms with Crippen LogP contribution < -0.4 is 20.9 Å². The molecule has 0 atom stereocenters. The number of para-hydroxylation sites is 1. The Morgan fingerprint density at radius 3 is 2.08 bits per heavy atom. The number of nitrogens with one attached hydrogen (secondary N) is 3. The van der Waals surface area contributed by atoms with Crippen molar-refractivity contribution in [2.24, 2.45) is 0 Å². The number of rotatable bonds is 5. The van der Waals surface area contributed by atoms with Crippen LogP contribution in [0.15, 0.2) is 72.9 Å². The van der Waals surface area contributed by atoms with Crippen LogP contribution in [-0.4, -0.2) is 25.1 Å². The zero-order valence-corrected chi connectivity index (χ0v) is 14.7. The molecule has 0 bridgehead atoms. The van der Waals surface area contributed by atoms with E-state index in [1.807, 2.05) is 79.7 Å². The molecule has 26 heavy (non-hydrogen) atoms. The van der Waals surface area contributed by atoms with Crippen molar-refractivity contribution >= 4 is 34.6 Å². The molecule has 0 aliphatic carbocycles. The number of hydrogen-bond donors (Lipinski definition) is 3. The number of amides is 2. The smallest absolute Gasteiger partial charge is 0.323 e. The lowest BCUT2D eigenvalue weighted by atomic mass is 10.2. The summed E-state index contributed by atoms with van der Waals surface area (Å²) in [5.41, 5.74) is 3.43. The molecule has 3 rings (SSSR count). The maximum absolute atomic E-state index is 12.0. The number of benzene rings is 2. The molecule has 0 aliphatic rings. The second kappa shape index (κ2) is 8.02. The number of nitrogens with zero attached hydrogens (tertiary/aromatic N) is 2.